The van der Waals surface area contributed by atoms with Crippen LogP contribution in [0.15, 0.2) is 12.2 Å². The van der Waals surface area contributed by atoms with Crippen LogP contribution in [0.1, 0.15) is 58.3 Å². The summed E-state index contributed by atoms with van der Waals surface area (Å²) >= 11 is 0. The Morgan fingerprint density at radius 1 is 1.13 bits per heavy atom. The van der Waals surface area contributed by atoms with Crippen LogP contribution in [0.25, 0.3) is 0 Å². The maximum atomic E-state index is 9.82. The lowest BCUT2D eigenvalue weighted by atomic mass is 10.1. The van der Waals surface area contributed by atoms with Crippen molar-refractivity contribution in [1.82, 2.24) is 0 Å². The number of ether oxygens (including phenoxy) is 2. The average Bonchev–Trinajstić information content (AvgIpc) is 2.93. The highest BCUT2D eigenvalue weighted by atomic mass is 16.6. The maximum Gasteiger partial charge on any atom is 0.114 e. The van der Waals surface area contributed by atoms with Gasteiger partial charge in [-0.05, 0) is 25.7 Å². The molecule has 0 radical (unpaired) electrons. The first-order chi connectivity index (χ1) is 11.2. The molecule has 1 fully saturated rings. The zero-order chi connectivity index (χ0) is 16.9. The van der Waals surface area contributed by atoms with E-state index in [9.17, 15) is 10.2 Å². The molecule has 5 nitrogen and oxygen atoms in total. The van der Waals surface area contributed by atoms with E-state index in [1.807, 2.05) is 0 Å². The molecule has 5 heteroatoms. The maximum absolute atomic E-state index is 9.82. The van der Waals surface area contributed by atoms with Gasteiger partial charge in [0.15, 0.2) is 0 Å². The number of rotatable bonds is 13. The molecule has 0 aliphatic carbocycles. The molecule has 1 saturated heterocycles. The van der Waals surface area contributed by atoms with E-state index < -0.39 is 24.4 Å². The number of aliphatic hydroxyl groups is 3. The van der Waals surface area contributed by atoms with E-state index >= 15 is 0 Å². The van der Waals surface area contributed by atoms with Crippen molar-refractivity contribution in [2.24, 2.45) is 0 Å². The lowest BCUT2D eigenvalue weighted by Crippen LogP contribution is -2.42. The summed E-state index contributed by atoms with van der Waals surface area (Å²) in [4.78, 5) is 0. The molecule has 0 aromatic heterocycles. The van der Waals surface area contributed by atoms with Gasteiger partial charge in [0.05, 0.1) is 13.2 Å². The molecular formula is C18H34O5. The first kappa shape index (κ1) is 20.6. The Balaban J connectivity index is 2.00. The minimum Gasteiger partial charge on any atom is -0.394 e. The summed E-state index contributed by atoms with van der Waals surface area (Å²) < 4.78 is 11.0. The first-order valence-electron chi connectivity index (χ1n) is 9.05. The Bertz CT molecular complexity index is 308. The summed E-state index contributed by atoms with van der Waals surface area (Å²) in [6.45, 7) is 2.48. The van der Waals surface area contributed by atoms with Gasteiger partial charge in [-0.1, -0.05) is 44.8 Å². The van der Waals surface area contributed by atoms with Crippen LogP contribution in [0.3, 0.4) is 0 Å². The fourth-order valence-electron chi connectivity index (χ4n) is 2.83. The zero-order valence-corrected chi connectivity index (χ0v) is 14.4. The van der Waals surface area contributed by atoms with Gasteiger partial charge in [0.1, 0.15) is 24.4 Å². The Hall–Kier alpha value is -0.460. The van der Waals surface area contributed by atoms with E-state index in [1.165, 1.54) is 32.1 Å². The Morgan fingerprint density at radius 3 is 2.52 bits per heavy atom. The van der Waals surface area contributed by atoms with Crippen LogP contribution < -0.4 is 0 Å². The van der Waals surface area contributed by atoms with Gasteiger partial charge >= 0.3 is 0 Å². The standard InChI is InChI=1S/C18H34O5/c1-2-3-4-5-6-7-8-9-10-11-12-22-18-16(21)14-23-17(18)15(20)13-19/h3-4,15-21H,2,5-14H2,1H3/b4-3+/t15-,16+,17-,18-/m1/s1. The fraction of sp³-hybridized carbons (Fsp3) is 0.889. The summed E-state index contributed by atoms with van der Waals surface area (Å²) in [7, 11) is 0. The van der Waals surface area contributed by atoms with Gasteiger partial charge in [-0.25, -0.2) is 0 Å². The monoisotopic (exact) mass is 330 g/mol. The highest BCUT2D eigenvalue weighted by Crippen LogP contribution is 2.21. The van der Waals surface area contributed by atoms with Gasteiger partial charge in [0, 0.05) is 6.61 Å². The third-order valence-electron chi connectivity index (χ3n) is 4.21. The Morgan fingerprint density at radius 2 is 1.83 bits per heavy atom. The Kier molecular flexibility index (Phi) is 11.5. The minimum absolute atomic E-state index is 0.152. The van der Waals surface area contributed by atoms with Crippen LogP contribution in [0.5, 0.6) is 0 Å². The number of aliphatic hydroxyl groups excluding tert-OH is 3. The predicted molar refractivity (Wildman–Crippen MR) is 90.3 cm³/mol. The van der Waals surface area contributed by atoms with Crippen LogP contribution in [0.4, 0.5) is 0 Å². The lowest BCUT2D eigenvalue weighted by molar-refractivity contribution is -0.0938. The largest absolute Gasteiger partial charge is 0.394 e. The SMILES string of the molecule is CC/C=C/CCCCCCCCO[C@H]1[C@@H]([C@H](O)CO)OC[C@@H]1O. The second kappa shape index (κ2) is 12.9. The van der Waals surface area contributed by atoms with Crippen LogP contribution >= 0.6 is 0 Å². The highest BCUT2D eigenvalue weighted by Gasteiger charge is 2.40. The second-order valence-electron chi connectivity index (χ2n) is 6.24. The van der Waals surface area contributed by atoms with Gasteiger partial charge in [0.25, 0.3) is 0 Å². The normalized spacial score (nSPS) is 26.2. The topological polar surface area (TPSA) is 79.2 Å². The van der Waals surface area contributed by atoms with E-state index in [4.69, 9.17) is 14.6 Å². The van der Waals surface area contributed by atoms with Crippen molar-refractivity contribution in [3.63, 3.8) is 0 Å². The van der Waals surface area contributed by atoms with Gasteiger partial charge < -0.3 is 24.8 Å². The molecule has 0 bridgehead atoms. The Labute approximate surface area is 140 Å². The van der Waals surface area contributed by atoms with Crippen LogP contribution in [0.2, 0.25) is 0 Å². The van der Waals surface area contributed by atoms with E-state index in [0.29, 0.717) is 6.61 Å². The predicted octanol–water partition coefficient (Wildman–Crippen LogP) is 2.18. The van der Waals surface area contributed by atoms with E-state index in [2.05, 4.69) is 19.1 Å². The van der Waals surface area contributed by atoms with Crippen LogP contribution in [-0.2, 0) is 9.47 Å². The lowest BCUT2D eigenvalue weighted by Gasteiger charge is -2.23. The molecule has 1 aliphatic heterocycles. The first-order valence-corrected chi connectivity index (χ1v) is 9.05. The van der Waals surface area contributed by atoms with Crippen LogP contribution in [0, 0.1) is 0 Å². The smallest absolute Gasteiger partial charge is 0.114 e. The van der Waals surface area contributed by atoms with Crippen molar-refractivity contribution >= 4 is 0 Å². The number of hydrogen-bond donors (Lipinski definition) is 3. The van der Waals surface area contributed by atoms with E-state index in [1.54, 1.807) is 0 Å². The minimum atomic E-state index is -1.00. The summed E-state index contributed by atoms with van der Waals surface area (Å²) in [6.07, 6.45) is 10.9. The molecule has 1 aliphatic rings. The molecule has 4 atom stereocenters. The molecule has 1 heterocycles. The molecular weight excluding hydrogens is 296 g/mol. The zero-order valence-electron chi connectivity index (χ0n) is 14.4. The highest BCUT2D eigenvalue weighted by molar-refractivity contribution is 4.89. The second-order valence-corrected chi connectivity index (χ2v) is 6.24. The molecule has 23 heavy (non-hydrogen) atoms. The molecule has 0 spiro atoms. The quantitative estimate of drug-likeness (QED) is 0.356. The molecule has 0 amide bonds. The molecule has 0 aromatic rings. The van der Waals surface area contributed by atoms with Gasteiger partial charge in [0.2, 0.25) is 0 Å². The number of allylic oxidation sites excluding steroid dienone is 2. The summed E-state index contributed by atoms with van der Waals surface area (Å²) in [5.74, 6) is 0. The average molecular weight is 330 g/mol. The molecule has 0 saturated carbocycles. The van der Waals surface area contributed by atoms with Crippen LogP contribution in [-0.4, -0.2) is 59.6 Å². The number of hydrogen-bond acceptors (Lipinski definition) is 5. The summed E-state index contributed by atoms with van der Waals surface area (Å²) in [6, 6.07) is 0. The van der Waals surface area contributed by atoms with Crippen molar-refractivity contribution in [3.8, 4) is 0 Å². The van der Waals surface area contributed by atoms with Crippen molar-refractivity contribution < 1.29 is 24.8 Å². The van der Waals surface area contributed by atoms with Crippen molar-refractivity contribution in [2.45, 2.75) is 82.7 Å². The molecule has 1 rings (SSSR count). The van der Waals surface area contributed by atoms with Gasteiger partial charge in [-0.2, -0.15) is 0 Å². The molecule has 0 aromatic carbocycles. The third kappa shape index (κ3) is 8.27. The van der Waals surface area contributed by atoms with E-state index in [-0.39, 0.29) is 13.2 Å². The summed E-state index contributed by atoms with van der Waals surface area (Å²) in [5, 5.41) is 28.5. The van der Waals surface area contributed by atoms with E-state index in [0.717, 1.165) is 19.3 Å². The number of unbranched alkanes of at least 4 members (excludes halogenated alkanes) is 6. The summed E-state index contributed by atoms with van der Waals surface area (Å²) in [5.41, 5.74) is 0. The van der Waals surface area contributed by atoms with Crippen molar-refractivity contribution in [2.75, 3.05) is 19.8 Å². The van der Waals surface area contributed by atoms with Gasteiger partial charge in [-0.3, -0.25) is 0 Å². The van der Waals surface area contributed by atoms with Crippen molar-refractivity contribution in [1.29, 1.82) is 0 Å². The molecule has 136 valence electrons. The third-order valence-corrected chi connectivity index (χ3v) is 4.21. The van der Waals surface area contributed by atoms with Gasteiger partial charge in [-0.15, -0.1) is 0 Å². The molecule has 3 N–H and O–H groups in total. The molecule has 0 unspecified atom stereocenters. The van der Waals surface area contributed by atoms with Crippen molar-refractivity contribution in [3.05, 3.63) is 12.2 Å². The fourth-order valence-corrected chi connectivity index (χ4v) is 2.83.